The van der Waals surface area contributed by atoms with Gasteiger partial charge in [0.1, 0.15) is 17.3 Å². The Bertz CT molecular complexity index is 1530. The van der Waals surface area contributed by atoms with Crippen LogP contribution in [0.3, 0.4) is 0 Å². The van der Waals surface area contributed by atoms with E-state index in [1.807, 2.05) is 0 Å². The summed E-state index contributed by atoms with van der Waals surface area (Å²) in [5.74, 6) is -2.00. The monoisotopic (exact) mass is 568 g/mol. The fraction of sp³-hybridized carbons (Fsp3) is 0.0952. The van der Waals surface area contributed by atoms with E-state index in [4.69, 9.17) is 5.73 Å². The van der Waals surface area contributed by atoms with Crippen LogP contribution in [0, 0.1) is 11.6 Å². The van der Waals surface area contributed by atoms with Gasteiger partial charge in [-0.1, -0.05) is 34.7 Å². The number of nitrogens with zero attached hydrogens (tertiary/aromatic N) is 3. The summed E-state index contributed by atoms with van der Waals surface area (Å²) in [6.45, 7) is 0. The molecule has 0 saturated carbocycles. The van der Waals surface area contributed by atoms with Crippen LogP contribution in [0.1, 0.15) is 5.56 Å². The van der Waals surface area contributed by atoms with E-state index in [2.05, 4.69) is 32.6 Å². The van der Waals surface area contributed by atoms with E-state index >= 15 is 0 Å². The minimum atomic E-state index is -3.94. The zero-order valence-corrected chi connectivity index (χ0v) is 19.5. The summed E-state index contributed by atoms with van der Waals surface area (Å²) in [7, 11) is -3.94. The van der Waals surface area contributed by atoms with Crippen molar-refractivity contribution >= 4 is 49.1 Å². The highest BCUT2D eigenvalue weighted by Crippen LogP contribution is 2.33. The number of hydrogen-bond donors (Lipinski definition) is 1. The Morgan fingerprint density at radius 3 is 2.38 bits per heavy atom. The highest BCUT2D eigenvalue weighted by Gasteiger charge is 2.23. The van der Waals surface area contributed by atoms with E-state index < -0.39 is 37.9 Å². The van der Waals surface area contributed by atoms with Crippen LogP contribution in [0.5, 0.6) is 0 Å². The number of anilines is 1. The van der Waals surface area contributed by atoms with Crippen molar-refractivity contribution in [3.05, 3.63) is 76.1 Å². The van der Waals surface area contributed by atoms with Gasteiger partial charge in [0.2, 0.25) is 15.0 Å². The first kappa shape index (κ1) is 22.3. The number of hydrogen-bond acceptors (Lipinski definition) is 6. The van der Waals surface area contributed by atoms with E-state index in [9.17, 15) is 22.0 Å². The lowest BCUT2D eigenvalue weighted by Gasteiger charge is -2.15. The zero-order chi connectivity index (χ0) is 23.2. The van der Waals surface area contributed by atoms with Gasteiger partial charge < -0.3 is 5.73 Å². The summed E-state index contributed by atoms with van der Waals surface area (Å²) in [5, 5.41) is -0.353. The molecule has 32 heavy (non-hydrogen) atoms. The fourth-order valence-electron chi connectivity index (χ4n) is 3.32. The summed E-state index contributed by atoms with van der Waals surface area (Å²) in [6, 6.07) is 10.8. The molecule has 0 radical (unpaired) electrons. The van der Waals surface area contributed by atoms with Gasteiger partial charge in [0.15, 0.2) is 5.65 Å². The van der Waals surface area contributed by atoms with E-state index in [0.717, 1.165) is 40.7 Å². The van der Waals surface area contributed by atoms with Crippen molar-refractivity contribution in [2.24, 2.45) is 0 Å². The van der Waals surface area contributed by atoms with Gasteiger partial charge in [0.05, 0.1) is 5.69 Å². The molecule has 4 rings (SSSR count). The number of benzene rings is 2. The highest BCUT2D eigenvalue weighted by molar-refractivity contribution is 14.1. The maximum absolute atomic E-state index is 14.6. The van der Waals surface area contributed by atoms with Gasteiger partial charge in [-0.15, -0.1) is 0 Å². The molecule has 11 heteroatoms. The summed E-state index contributed by atoms with van der Waals surface area (Å²) in [4.78, 5) is 21.0. The van der Waals surface area contributed by atoms with Crippen molar-refractivity contribution in [3.8, 4) is 16.9 Å². The molecule has 164 valence electrons. The molecule has 0 atom stereocenters. The third-order valence-electron chi connectivity index (χ3n) is 4.76. The van der Waals surface area contributed by atoms with Crippen LogP contribution in [0.25, 0.3) is 28.0 Å². The van der Waals surface area contributed by atoms with Gasteiger partial charge in [0, 0.05) is 33.4 Å². The minimum absolute atomic E-state index is 0.180. The molecule has 4 aromatic rings. The molecule has 0 spiro atoms. The molecule has 2 N–H and O–H groups in total. The van der Waals surface area contributed by atoms with Crippen LogP contribution < -0.4 is 11.3 Å². The number of nitrogens with two attached hydrogens (primary N) is 1. The molecule has 0 bridgehead atoms. The fourth-order valence-corrected chi connectivity index (χ4v) is 4.49. The predicted octanol–water partition coefficient (Wildman–Crippen LogP) is 3.65. The number of sulfone groups is 1. The van der Waals surface area contributed by atoms with Gasteiger partial charge in [-0.05, 0) is 35.9 Å². The topological polar surface area (TPSA) is 108 Å². The van der Waals surface area contributed by atoms with Gasteiger partial charge in [-0.3, -0.25) is 9.36 Å². The molecule has 2 aromatic heterocycles. The van der Waals surface area contributed by atoms with E-state index in [-0.39, 0.29) is 16.7 Å². The third-order valence-corrected chi connectivity index (χ3v) is 6.42. The number of nitrogen functional groups attached to an aromatic ring is 1. The number of halogens is 3. The van der Waals surface area contributed by atoms with Crippen LogP contribution in [0.4, 0.5) is 14.5 Å². The summed E-state index contributed by atoms with van der Waals surface area (Å²) in [5.41, 5.74) is 6.18. The maximum atomic E-state index is 14.6. The van der Waals surface area contributed by atoms with E-state index in [1.54, 1.807) is 18.2 Å². The van der Waals surface area contributed by atoms with Crippen LogP contribution in [0.15, 0.2) is 58.5 Å². The lowest BCUT2D eigenvalue weighted by atomic mass is 10.0. The number of para-hydroxylation sites is 1. The molecule has 0 saturated heterocycles. The van der Waals surface area contributed by atoms with Crippen molar-refractivity contribution in [3.63, 3.8) is 0 Å². The summed E-state index contributed by atoms with van der Waals surface area (Å²) >= 11 is 2.14. The molecule has 0 aliphatic heterocycles. The van der Waals surface area contributed by atoms with E-state index in [1.165, 1.54) is 6.07 Å². The molecule has 2 aromatic carbocycles. The molecule has 0 aliphatic carbocycles. The van der Waals surface area contributed by atoms with Gasteiger partial charge in [-0.2, -0.15) is 4.98 Å². The van der Waals surface area contributed by atoms with Crippen LogP contribution in [0.2, 0.25) is 0 Å². The van der Waals surface area contributed by atoms with Gasteiger partial charge >= 0.3 is 0 Å². The first-order valence-corrected chi connectivity index (χ1v) is 12.6. The quantitative estimate of drug-likeness (QED) is 0.174. The predicted molar refractivity (Wildman–Crippen MR) is 126 cm³/mol. The maximum Gasteiger partial charge on any atom is 0.256 e. The number of rotatable bonds is 4. The average molecular weight is 568 g/mol. The lowest BCUT2D eigenvalue weighted by Crippen LogP contribution is -2.22. The Morgan fingerprint density at radius 2 is 1.75 bits per heavy atom. The Labute approximate surface area is 195 Å². The normalized spacial score (nSPS) is 11.8. The van der Waals surface area contributed by atoms with Gasteiger partial charge in [-0.25, -0.2) is 22.2 Å². The first-order chi connectivity index (χ1) is 15.1. The van der Waals surface area contributed by atoms with Crippen molar-refractivity contribution in [1.82, 2.24) is 14.5 Å². The molecule has 0 amide bonds. The Hall–Kier alpha value is -2.93. The lowest BCUT2D eigenvalue weighted by molar-refractivity contribution is 0.568. The highest BCUT2D eigenvalue weighted by atomic mass is 127. The molecular weight excluding hydrogens is 553 g/mol. The number of aromatic nitrogens is 3. The Kier molecular flexibility index (Phi) is 5.71. The second-order valence-corrected chi connectivity index (χ2v) is 9.66. The molecule has 0 aliphatic rings. The molecule has 2 heterocycles. The van der Waals surface area contributed by atoms with E-state index in [0.29, 0.717) is 15.7 Å². The molecule has 0 fully saturated rings. The molecular formula is C21H15F2IN4O3S. The number of pyridine rings is 1. The standard InChI is InChI=1S/C21H15F2IN4O3S/c1-32(30,31)21-26-18(14-9-12(25)6-5-11(14)10-24)13-7-8-17(29)28(20(13)27-21)19-15(22)3-2-4-16(19)23/h2-9H,10,25H2,1H3. The largest absolute Gasteiger partial charge is 0.399 e. The summed E-state index contributed by atoms with van der Waals surface area (Å²) < 4.78 is 55.2. The number of alkyl halides is 1. The second-order valence-electron chi connectivity index (χ2n) is 6.99. The van der Waals surface area contributed by atoms with Gasteiger partial charge in [0.25, 0.3) is 5.56 Å². The second kappa shape index (κ2) is 8.20. The molecule has 0 unspecified atom stereocenters. The average Bonchev–Trinajstić information content (AvgIpc) is 2.73. The van der Waals surface area contributed by atoms with Crippen LogP contribution in [-0.4, -0.2) is 29.2 Å². The third kappa shape index (κ3) is 3.86. The Morgan fingerprint density at radius 1 is 1.06 bits per heavy atom. The van der Waals surface area contributed by atoms with Crippen molar-refractivity contribution < 1.29 is 17.2 Å². The van der Waals surface area contributed by atoms with Crippen molar-refractivity contribution in [2.45, 2.75) is 9.58 Å². The summed E-state index contributed by atoms with van der Waals surface area (Å²) in [6.07, 6.45) is 0.908. The molecule has 7 nitrogen and oxygen atoms in total. The Balaban J connectivity index is 2.24. The number of fused-ring (bicyclic) bond motifs is 1. The first-order valence-electron chi connectivity index (χ1n) is 9.15. The van der Waals surface area contributed by atoms with Crippen molar-refractivity contribution in [2.75, 3.05) is 12.0 Å². The zero-order valence-electron chi connectivity index (χ0n) is 16.5. The SMILES string of the molecule is CS(=O)(=O)c1nc(-c2cc(N)ccc2CI)c2ccc(=O)n(-c3c(F)cccc3F)c2n1. The van der Waals surface area contributed by atoms with Crippen molar-refractivity contribution in [1.29, 1.82) is 0 Å². The van der Waals surface area contributed by atoms with Crippen LogP contribution in [-0.2, 0) is 14.3 Å². The minimum Gasteiger partial charge on any atom is -0.399 e. The smallest absolute Gasteiger partial charge is 0.256 e. The van der Waals surface area contributed by atoms with Crippen LogP contribution >= 0.6 is 22.6 Å².